The second kappa shape index (κ2) is 16.7. The molecule has 0 spiro atoms. The summed E-state index contributed by atoms with van der Waals surface area (Å²) in [4.78, 5) is 53.1. The number of hydrogen-bond donors (Lipinski definition) is 0. The quantitative estimate of drug-likeness (QED) is 0.0788. The summed E-state index contributed by atoms with van der Waals surface area (Å²) < 4.78 is 29.1. The monoisotopic (exact) mass is 646 g/mol. The number of carbonyl (C=O) groups excluding carboxylic acids is 4. The number of hydrogen-bond acceptors (Lipinski definition) is 9. The molecule has 48 heavy (non-hydrogen) atoms. The van der Waals surface area contributed by atoms with Gasteiger partial charge in [0.15, 0.2) is 6.10 Å². The predicted octanol–water partition coefficient (Wildman–Crippen LogP) is 6.42. The Kier molecular flexibility index (Phi) is 11.7. The maximum atomic E-state index is 13.8. The van der Waals surface area contributed by atoms with Crippen LogP contribution in [-0.4, -0.2) is 55.1 Å². The van der Waals surface area contributed by atoms with E-state index in [1.54, 1.807) is 115 Å². The van der Waals surface area contributed by atoms with E-state index in [1.165, 1.54) is 0 Å². The Morgan fingerprint density at radius 2 is 1.15 bits per heavy atom. The molecular weight excluding hydrogens is 612 g/mol. The summed E-state index contributed by atoms with van der Waals surface area (Å²) in [6.45, 7) is 1.65. The molecule has 0 unspecified atom stereocenters. The average molecular weight is 647 g/mol. The lowest BCUT2D eigenvalue weighted by Crippen LogP contribution is -2.43. The second-order valence-electron chi connectivity index (χ2n) is 10.8. The Morgan fingerprint density at radius 1 is 0.625 bits per heavy atom. The Hall–Kier alpha value is -5.72. The minimum Gasteiger partial charge on any atom is -0.459 e. The zero-order chi connectivity index (χ0) is 33.7. The van der Waals surface area contributed by atoms with Crippen LogP contribution in [0.4, 0.5) is 0 Å². The molecule has 1 heterocycles. The molecule has 5 rings (SSSR count). The molecular formula is C39H34O9. The fraction of sp³-hybridized carbons (Fsp3) is 0.231. The first-order valence-electron chi connectivity index (χ1n) is 15.6. The Labute approximate surface area is 278 Å². The van der Waals surface area contributed by atoms with Crippen LogP contribution in [0.5, 0.6) is 0 Å². The summed E-state index contributed by atoms with van der Waals surface area (Å²) >= 11 is 0. The summed E-state index contributed by atoms with van der Waals surface area (Å²) in [5, 5.41) is 0. The third kappa shape index (κ3) is 8.75. The van der Waals surface area contributed by atoms with Crippen LogP contribution >= 0.6 is 0 Å². The van der Waals surface area contributed by atoms with Crippen molar-refractivity contribution >= 4 is 23.9 Å². The molecule has 4 aromatic rings. The molecule has 0 aliphatic carbocycles. The largest absolute Gasteiger partial charge is 0.459 e. The van der Waals surface area contributed by atoms with Crippen molar-refractivity contribution in [3.8, 4) is 11.8 Å². The van der Waals surface area contributed by atoms with Crippen molar-refractivity contribution in [2.45, 2.75) is 50.8 Å². The minimum absolute atomic E-state index is 0.168. The second-order valence-corrected chi connectivity index (χ2v) is 10.8. The van der Waals surface area contributed by atoms with Crippen molar-refractivity contribution in [3.05, 3.63) is 143 Å². The molecule has 0 amide bonds. The molecule has 1 aliphatic rings. The molecule has 1 saturated heterocycles. The highest BCUT2D eigenvalue weighted by atomic mass is 16.8. The lowest BCUT2D eigenvalue weighted by molar-refractivity contribution is -0.141. The normalized spacial score (nSPS) is 18.1. The van der Waals surface area contributed by atoms with E-state index in [4.69, 9.17) is 23.7 Å². The van der Waals surface area contributed by atoms with Crippen LogP contribution < -0.4 is 0 Å². The number of ether oxygens (including phenoxy) is 5. The number of esters is 4. The highest BCUT2D eigenvalue weighted by Crippen LogP contribution is 2.31. The summed E-state index contributed by atoms with van der Waals surface area (Å²) in [5.41, 5.74) is 1.35. The summed E-state index contributed by atoms with van der Waals surface area (Å²) in [6, 6.07) is 31.4. The van der Waals surface area contributed by atoms with Crippen LogP contribution in [0.3, 0.4) is 0 Å². The molecule has 9 nitrogen and oxygen atoms in total. The molecule has 9 heteroatoms. The van der Waals surface area contributed by atoms with Crippen LogP contribution in [0.1, 0.15) is 73.2 Å². The molecule has 4 atom stereocenters. The fourth-order valence-corrected chi connectivity index (χ4v) is 4.90. The van der Waals surface area contributed by atoms with Crippen LogP contribution in [0, 0.1) is 11.8 Å². The van der Waals surface area contributed by atoms with Gasteiger partial charge < -0.3 is 23.7 Å². The molecule has 0 bridgehead atoms. The zero-order valence-electron chi connectivity index (χ0n) is 26.3. The van der Waals surface area contributed by atoms with Gasteiger partial charge >= 0.3 is 23.9 Å². The van der Waals surface area contributed by atoms with Crippen LogP contribution in [-0.2, 0) is 23.7 Å². The average Bonchev–Trinajstić information content (AvgIpc) is 3.44. The van der Waals surface area contributed by atoms with E-state index in [1.807, 2.05) is 0 Å². The van der Waals surface area contributed by atoms with Crippen LogP contribution in [0.15, 0.2) is 115 Å². The molecule has 0 saturated carbocycles. The summed E-state index contributed by atoms with van der Waals surface area (Å²) in [7, 11) is 0. The lowest BCUT2D eigenvalue weighted by atomic mass is 10.1. The van der Waals surface area contributed by atoms with E-state index >= 15 is 0 Å². The SMILES string of the molecule is CCCCC#Cc1ccccc1C(=O)O[C@H]1[C@@H](OC(=O)c2ccccc2)O[C@H](COC(=O)c2ccccc2)[C@H]1OC(=O)c1ccccc1. The van der Waals surface area contributed by atoms with Crippen molar-refractivity contribution in [3.63, 3.8) is 0 Å². The third-order valence-corrected chi connectivity index (χ3v) is 7.41. The van der Waals surface area contributed by atoms with E-state index in [9.17, 15) is 19.2 Å². The number of benzene rings is 4. The Bertz CT molecular complexity index is 1760. The van der Waals surface area contributed by atoms with E-state index in [0.717, 1.165) is 12.8 Å². The predicted molar refractivity (Wildman–Crippen MR) is 175 cm³/mol. The van der Waals surface area contributed by atoms with Gasteiger partial charge in [-0.05, 0) is 55.0 Å². The highest BCUT2D eigenvalue weighted by Gasteiger charge is 2.52. The van der Waals surface area contributed by atoms with Crippen molar-refractivity contribution in [2.24, 2.45) is 0 Å². The maximum absolute atomic E-state index is 13.8. The smallest absolute Gasteiger partial charge is 0.340 e. The van der Waals surface area contributed by atoms with Gasteiger partial charge in [-0.2, -0.15) is 0 Å². The first-order valence-corrected chi connectivity index (χ1v) is 15.6. The molecule has 0 N–H and O–H groups in total. The Balaban J connectivity index is 1.46. The Morgan fingerprint density at radius 3 is 1.75 bits per heavy atom. The molecule has 4 aromatic carbocycles. The van der Waals surface area contributed by atoms with Gasteiger partial charge in [0.2, 0.25) is 12.4 Å². The number of unbranched alkanes of at least 4 members (excludes halogenated alkanes) is 2. The van der Waals surface area contributed by atoms with Crippen molar-refractivity contribution < 1.29 is 42.9 Å². The van der Waals surface area contributed by atoms with Gasteiger partial charge in [-0.15, -0.1) is 0 Å². The van der Waals surface area contributed by atoms with Crippen molar-refractivity contribution in [1.82, 2.24) is 0 Å². The minimum atomic E-state index is -1.53. The van der Waals surface area contributed by atoms with E-state index < -0.39 is 55.1 Å². The molecule has 1 fully saturated rings. The first-order chi connectivity index (χ1) is 23.4. The van der Waals surface area contributed by atoms with E-state index in [-0.39, 0.29) is 16.7 Å². The van der Waals surface area contributed by atoms with E-state index in [0.29, 0.717) is 17.5 Å². The van der Waals surface area contributed by atoms with Gasteiger partial charge in [0.1, 0.15) is 12.7 Å². The molecule has 0 radical (unpaired) electrons. The highest BCUT2D eigenvalue weighted by molar-refractivity contribution is 5.93. The molecule has 1 aliphatic heterocycles. The standard InChI is InChI=1S/C39H34O9/c1-2-3-4-8-17-27-18-15-16-25-31(27)38(43)47-34-33(46-36(41)29-21-11-6-12-22-29)32(26-44-35(40)28-19-9-5-10-20-28)45-39(34)48-37(42)30-23-13-7-14-24-30/h5-7,9-16,18-25,32-34,39H,2-4,26H2,1H3/t32-,33-,34-,39-/m1/s1. The number of carbonyl (C=O) groups is 4. The summed E-state index contributed by atoms with van der Waals surface area (Å²) in [5.74, 6) is 3.14. The van der Waals surface area contributed by atoms with Gasteiger partial charge in [-0.3, -0.25) is 0 Å². The fourth-order valence-electron chi connectivity index (χ4n) is 4.90. The van der Waals surface area contributed by atoms with Crippen LogP contribution in [0.25, 0.3) is 0 Å². The van der Waals surface area contributed by atoms with Crippen LogP contribution in [0.2, 0.25) is 0 Å². The van der Waals surface area contributed by atoms with Gasteiger partial charge in [-0.25, -0.2) is 19.2 Å². The topological polar surface area (TPSA) is 114 Å². The molecule has 244 valence electrons. The maximum Gasteiger partial charge on any atom is 0.340 e. The molecule has 0 aromatic heterocycles. The lowest BCUT2D eigenvalue weighted by Gasteiger charge is -2.24. The first kappa shape index (κ1) is 33.6. The van der Waals surface area contributed by atoms with E-state index in [2.05, 4.69) is 18.8 Å². The van der Waals surface area contributed by atoms with Gasteiger partial charge in [-0.1, -0.05) is 91.9 Å². The third-order valence-electron chi connectivity index (χ3n) is 7.41. The van der Waals surface area contributed by atoms with Crippen molar-refractivity contribution in [1.29, 1.82) is 0 Å². The van der Waals surface area contributed by atoms with Gasteiger partial charge in [0.05, 0.1) is 22.3 Å². The summed E-state index contributed by atoms with van der Waals surface area (Å²) in [6.07, 6.45) is -2.94. The van der Waals surface area contributed by atoms with Gasteiger partial charge in [0, 0.05) is 12.0 Å². The zero-order valence-corrected chi connectivity index (χ0v) is 26.3. The van der Waals surface area contributed by atoms with Gasteiger partial charge in [0.25, 0.3) is 0 Å². The van der Waals surface area contributed by atoms with Crippen molar-refractivity contribution in [2.75, 3.05) is 6.61 Å². The number of rotatable bonds is 11.